The van der Waals surface area contributed by atoms with Crippen LogP contribution in [0.3, 0.4) is 0 Å². The minimum absolute atomic E-state index is 0.196. The molecule has 0 saturated carbocycles. The monoisotopic (exact) mass is 209 g/mol. The summed E-state index contributed by atoms with van der Waals surface area (Å²) < 4.78 is 15.0. The zero-order valence-corrected chi connectivity index (χ0v) is 8.82. The van der Waals surface area contributed by atoms with Crippen molar-refractivity contribution in [3.63, 3.8) is 0 Å². The van der Waals surface area contributed by atoms with Gasteiger partial charge in [-0.2, -0.15) is 9.37 Å². The molecule has 0 aromatic carbocycles. The maximum atomic E-state index is 13.6. The minimum atomic E-state index is -0.593. The third kappa shape index (κ3) is 1.42. The van der Waals surface area contributed by atoms with Gasteiger partial charge in [-0.05, 0) is 20.8 Å². The Morgan fingerprint density at radius 1 is 1.33 bits per heavy atom. The lowest BCUT2D eigenvalue weighted by Gasteiger charge is -2.21. The molecule has 2 aromatic rings. The predicted octanol–water partition coefficient (Wildman–Crippen LogP) is 1.30. The fourth-order valence-electron chi connectivity index (χ4n) is 1.48. The van der Waals surface area contributed by atoms with Gasteiger partial charge in [0.25, 0.3) is 6.08 Å². The van der Waals surface area contributed by atoms with E-state index in [0.29, 0.717) is 11.2 Å². The number of rotatable bonds is 0. The van der Waals surface area contributed by atoms with Crippen LogP contribution in [0.15, 0.2) is 6.33 Å². The van der Waals surface area contributed by atoms with Gasteiger partial charge >= 0.3 is 0 Å². The van der Waals surface area contributed by atoms with Gasteiger partial charge in [-0.25, -0.2) is 9.97 Å². The molecule has 2 aromatic heterocycles. The molecule has 2 rings (SSSR count). The lowest BCUT2D eigenvalue weighted by atomic mass is 10.1. The van der Waals surface area contributed by atoms with Crippen LogP contribution in [0.4, 0.5) is 10.2 Å². The highest BCUT2D eigenvalue weighted by molar-refractivity contribution is 5.81. The number of hydrogen-bond acceptors (Lipinski definition) is 4. The van der Waals surface area contributed by atoms with E-state index >= 15 is 0 Å². The Hall–Kier alpha value is -1.72. The zero-order chi connectivity index (χ0) is 11.2. The average Bonchev–Trinajstić information content (AvgIpc) is 2.41. The summed E-state index contributed by atoms with van der Waals surface area (Å²) in [6, 6.07) is 0. The van der Waals surface area contributed by atoms with Gasteiger partial charge in [-0.3, -0.25) is 4.57 Å². The normalized spacial score (nSPS) is 12.3. The van der Waals surface area contributed by atoms with E-state index < -0.39 is 11.6 Å². The SMILES string of the molecule is CC(C)(C)n1c(F)nc2c(N)ncnc21. The smallest absolute Gasteiger partial charge is 0.292 e. The second-order valence-corrected chi connectivity index (χ2v) is 4.32. The zero-order valence-electron chi connectivity index (χ0n) is 8.82. The van der Waals surface area contributed by atoms with Crippen LogP contribution < -0.4 is 5.73 Å². The van der Waals surface area contributed by atoms with Crippen LogP contribution in [0.5, 0.6) is 0 Å². The highest BCUT2D eigenvalue weighted by Crippen LogP contribution is 2.24. The number of imidazole rings is 1. The second-order valence-electron chi connectivity index (χ2n) is 4.32. The number of anilines is 1. The molecule has 0 atom stereocenters. The molecule has 0 fully saturated rings. The van der Waals surface area contributed by atoms with Crippen molar-refractivity contribution in [2.75, 3.05) is 5.73 Å². The molecule has 0 saturated heterocycles. The van der Waals surface area contributed by atoms with E-state index in [0.717, 1.165) is 0 Å². The summed E-state index contributed by atoms with van der Waals surface area (Å²) >= 11 is 0. The summed E-state index contributed by atoms with van der Waals surface area (Å²) in [6.45, 7) is 5.61. The minimum Gasteiger partial charge on any atom is -0.382 e. The van der Waals surface area contributed by atoms with Gasteiger partial charge in [0.05, 0.1) is 0 Å². The number of halogens is 1. The van der Waals surface area contributed by atoms with Gasteiger partial charge in [0.1, 0.15) is 6.33 Å². The first kappa shape index (κ1) is 9.82. The van der Waals surface area contributed by atoms with Crippen molar-refractivity contribution in [1.29, 1.82) is 0 Å². The lowest BCUT2D eigenvalue weighted by molar-refractivity contribution is 0.335. The molecule has 0 spiro atoms. The third-order valence-corrected chi connectivity index (χ3v) is 2.10. The van der Waals surface area contributed by atoms with E-state index in [9.17, 15) is 4.39 Å². The topological polar surface area (TPSA) is 69.6 Å². The van der Waals surface area contributed by atoms with E-state index in [1.807, 2.05) is 20.8 Å². The number of nitrogens with two attached hydrogens (primary N) is 1. The Bertz CT molecular complexity index is 511. The van der Waals surface area contributed by atoms with Gasteiger partial charge in [-0.15, -0.1) is 0 Å². The number of nitrogens with zero attached hydrogens (tertiary/aromatic N) is 4. The number of aromatic nitrogens is 4. The molecule has 2 heterocycles. The van der Waals surface area contributed by atoms with E-state index in [1.54, 1.807) is 0 Å². The van der Waals surface area contributed by atoms with Crippen LogP contribution in [0.25, 0.3) is 11.2 Å². The van der Waals surface area contributed by atoms with Crippen molar-refractivity contribution in [3.8, 4) is 0 Å². The molecule has 0 aliphatic heterocycles. The van der Waals surface area contributed by atoms with Crippen molar-refractivity contribution in [1.82, 2.24) is 19.5 Å². The molecule has 0 unspecified atom stereocenters. The second kappa shape index (κ2) is 2.88. The Labute approximate surface area is 86.2 Å². The summed E-state index contributed by atoms with van der Waals surface area (Å²) in [7, 11) is 0. The molecule has 0 amide bonds. The van der Waals surface area contributed by atoms with Gasteiger partial charge in [0.15, 0.2) is 17.0 Å². The number of hydrogen-bond donors (Lipinski definition) is 1. The Morgan fingerprint density at radius 3 is 2.60 bits per heavy atom. The first-order valence-electron chi connectivity index (χ1n) is 4.56. The molecule has 0 aliphatic carbocycles. The molecule has 15 heavy (non-hydrogen) atoms. The van der Waals surface area contributed by atoms with Crippen LogP contribution in [0, 0.1) is 6.08 Å². The van der Waals surface area contributed by atoms with Crippen LogP contribution in [-0.2, 0) is 5.54 Å². The van der Waals surface area contributed by atoms with Gasteiger partial charge < -0.3 is 5.73 Å². The number of fused-ring (bicyclic) bond motifs is 1. The fraction of sp³-hybridized carbons (Fsp3) is 0.444. The quantitative estimate of drug-likeness (QED) is 0.664. The summed E-state index contributed by atoms with van der Waals surface area (Å²) in [4.78, 5) is 11.5. The molecule has 80 valence electrons. The maximum absolute atomic E-state index is 13.6. The van der Waals surface area contributed by atoms with Crippen molar-refractivity contribution >= 4 is 17.0 Å². The van der Waals surface area contributed by atoms with Gasteiger partial charge in [0.2, 0.25) is 0 Å². The van der Waals surface area contributed by atoms with E-state index in [4.69, 9.17) is 5.73 Å². The van der Waals surface area contributed by atoms with E-state index in [2.05, 4.69) is 15.0 Å². The maximum Gasteiger partial charge on any atom is 0.292 e. The summed E-state index contributed by atoms with van der Waals surface area (Å²) in [5, 5.41) is 0. The highest BCUT2D eigenvalue weighted by Gasteiger charge is 2.23. The van der Waals surface area contributed by atoms with Crippen LogP contribution in [-0.4, -0.2) is 19.5 Å². The third-order valence-electron chi connectivity index (χ3n) is 2.10. The molecule has 0 radical (unpaired) electrons. The summed E-state index contributed by atoms with van der Waals surface area (Å²) in [5.74, 6) is 0.196. The van der Waals surface area contributed by atoms with E-state index in [-0.39, 0.29) is 5.82 Å². The van der Waals surface area contributed by atoms with Crippen molar-refractivity contribution < 1.29 is 4.39 Å². The lowest BCUT2D eigenvalue weighted by Crippen LogP contribution is -2.23. The highest BCUT2D eigenvalue weighted by atomic mass is 19.1. The van der Waals surface area contributed by atoms with Crippen LogP contribution in [0.2, 0.25) is 0 Å². The molecule has 2 N–H and O–H groups in total. The van der Waals surface area contributed by atoms with Gasteiger partial charge in [0, 0.05) is 5.54 Å². The molecule has 5 nitrogen and oxygen atoms in total. The largest absolute Gasteiger partial charge is 0.382 e. The van der Waals surface area contributed by atoms with Crippen LogP contribution >= 0.6 is 0 Å². The summed E-state index contributed by atoms with van der Waals surface area (Å²) in [5.41, 5.74) is 5.89. The molecular formula is C9H12FN5. The Balaban J connectivity index is 2.86. The first-order chi connectivity index (χ1) is 6.91. The standard InChI is InChI=1S/C9H12FN5/c1-9(2,3)15-7-5(14-8(15)10)6(11)12-4-13-7/h4H,1-3H3,(H2,11,12,13). The first-order valence-corrected chi connectivity index (χ1v) is 4.56. The molecule has 6 heteroatoms. The van der Waals surface area contributed by atoms with Crippen molar-refractivity contribution in [2.24, 2.45) is 0 Å². The molecular weight excluding hydrogens is 197 g/mol. The summed E-state index contributed by atoms with van der Waals surface area (Å²) in [6.07, 6.45) is 0.714. The molecule has 0 aliphatic rings. The predicted molar refractivity (Wildman–Crippen MR) is 54.7 cm³/mol. The number of nitrogen functional groups attached to an aromatic ring is 1. The van der Waals surface area contributed by atoms with Crippen LogP contribution in [0.1, 0.15) is 20.8 Å². The fourth-order valence-corrected chi connectivity index (χ4v) is 1.48. The van der Waals surface area contributed by atoms with Crippen molar-refractivity contribution in [3.05, 3.63) is 12.4 Å². The van der Waals surface area contributed by atoms with Gasteiger partial charge in [-0.1, -0.05) is 0 Å². The van der Waals surface area contributed by atoms with Crippen molar-refractivity contribution in [2.45, 2.75) is 26.3 Å². The molecule has 0 bridgehead atoms. The Kier molecular flexibility index (Phi) is 1.89. The van der Waals surface area contributed by atoms with E-state index in [1.165, 1.54) is 10.9 Å². The average molecular weight is 209 g/mol. The Morgan fingerprint density at radius 2 is 2.00 bits per heavy atom.